The molecule has 0 radical (unpaired) electrons. The second-order valence-corrected chi connectivity index (χ2v) is 3.14. The van der Waals surface area contributed by atoms with Crippen LogP contribution in [0.3, 0.4) is 0 Å². The van der Waals surface area contributed by atoms with Gasteiger partial charge in [0.1, 0.15) is 17.4 Å². The molecule has 0 amide bonds. The molecule has 0 aliphatic carbocycles. The van der Waals surface area contributed by atoms with Crippen LogP contribution in [0.2, 0.25) is 0 Å². The minimum atomic E-state index is -0.848. The number of aromatic nitrogens is 1. The highest BCUT2D eigenvalue weighted by molar-refractivity contribution is 5.40. The van der Waals surface area contributed by atoms with Crippen LogP contribution in [0, 0.1) is 23.0 Å². The van der Waals surface area contributed by atoms with Crippen molar-refractivity contribution in [1.82, 2.24) is 4.98 Å². The third kappa shape index (κ3) is 2.37. The number of halogens is 2. The van der Waals surface area contributed by atoms with Gasteiger partial charge < -0.3 is 4.74 Å². The van der Waals surface area contributed by atoms with Crippen molar-refractivity contribution in [3.05, 3.63) is 53.7 Å². The van der Waals surface area contributed by atoms with Crippen LogP contribution in [-0.4, -0.2) is 4.98 Å². The van der Waals surface area contributed by atoms with Crippen LogP contribution >= 0.6 is 0 Å². The summed E-state index contributed by atoms with van der Waals surface area (Å²) in [5.74, 6) is -1.74. The smallest absolute Gasteiger partial charge is 0.237 e. The molecular weight excluding hydrogens is 226 g/mol. The molecule has 17 heavy (non-hydrogen) atoms. The molecule has 0 saturated heterocycles. The Kier molecular flexibility index (Phi) is 2.97. The van der Waals surface area contributed by atoms with Gasteiger partial charge in [-0.05, 0) is 24.3 Å². The van der Waals surface area contributed by atoms with Gasteiger partial charge in [0.25, 0.3) is 0 Å². The Morgan fingerprint density at radius 3 is 2.76 bits per heavy atom. The van der Waals surface area contributed by atoms with Crippen molar-refractivity contribution < 1.29 is 13.5 Å². The maximum absolute atomic E-state index is 13.3. The third-order valence-corrected chi connectivity index (χ3v) is 1.99. The molecule has 0 atom stereocenters. The molecule has 3 nitrogen and oxygen atoms in total. The Hall–Kier alpha value is -2.48. The van der Waals surface area contributed by atoms with E-state index in [2.05, 4.69) is 4.98 Å². The number of hydrogen-bond donors (Lipinski definition) is 0. The highest BCUT2D eigenvalue weighted by atomic mass is 19.1. The molecule has 84 valence electrons. The van der Waals surface area contributed by atoms with Gasteiger partial charge in [-0.1, -0.05) is 0 Å². The van der Waals surface area contributed by atoms with Gasteiger partial charge in [0.2, 0.25) is 5.88 Å². The molecule has 0 aliphatic heterocycles. The summed E-state index contributed by atoms with van der Waals surface area (Å²) in [5.41, 5.74) is 0.177. The van der Waals surface area contributed by atoms with Crippen molar-refractivity contribution >= 4 is 0 Å². The van der Waals surface area contributed by atoms with Crippen LogP contribution in [0.5, 0.6) is 11.6 Å². The fourth-order valence-corrected chi connectivity index (χ4v) is 1.22. The van der Waals surface area contributed by atoms with E-state index in [9.17, 15) is 8.78 Å². The van der Waals surface area contributed by atoms with E-state index in [0.29, 0.717) is 6.07 Å². The van der Waals surface area contributed by atoms with Crippen LogP contribution in [0.25, 0.3) is 0 Å². The SMILES string of the molecule is N#Cc1cccnc1Oc1ccc(F)cc1F. The molecule has 0 bridgehead atoms. The predicted octanol–water partition coefficient (Wildman–Crippen LogP) is 3.02. The Balaban J connectivity index is 2.35. The summed E-state index contributed by atoms with van der Waals surface area (Å²) in [7, 11) is 0. The molecule has 5 heteroatoms. The summed E-state index contributed by atoms with van der Waals surface area (Å²) >= 11 is 0. The van der Waals surface area contributed by atoms with E-state index in [0.717, 1.165) is 12.1 Å². The zero-order chi connectivity index (χ0) is 12.3. The molecule has 1 heterocycles. The molecule has 2 aromatic rings. The quantitative estimate of drug-likeness (QED) is 0.799. The molecule has 0 aliphatic rings. The molecule has 2 rings (SSSR count). The third-order valence-electron chi connectivity index (χ3n) is 1.99. The van der Waals surface area contributed by atoms with E-state index in [1.54, 1.807) is 6.07 Å². The minimum Gasteiger partial charge on any atom is -0.435 e. The number of nitrogens with zero attached hydrogens (tertiary/aromatic N) is 2. The Morgan fingerprint density at radius 1 is 1.24 bits per heavy atom. The summed E-state index contributed by atoms with van der Waals surface area (Å²) in [5, 5.41) is 8.79. The van der Waals surface area contributed by atoms with Crippen LogP contribution in [0.15, 0.2) is 36.5 Å². The maximum atomic E-state index is 13.3. The normalized spacial score (nSPS) is 9.71. The van der Waals surface area contributed by atoms with Gasteiger partial charge in [-0.3, -0.25) is 0 Å². The molecular formula is C12H6F2N2O. The summed E-state index contributed by atoms with van der Waals surface area (Å²) in [6.07, 6.45) is 1.41. The molecule has 0 fully saturated rings. The first-order valence-electron chi connectivity index (χ1n) is 4.69. The van der Waals surface area contributed by atoms with Gasteiger partial charge in [-0.25, -0.2) is 13.8 Å². The van der Waals surface area contributed by atoms with Crippen molar-refractivity contribution in [3.63, 3.8) is 0 Å². The van der Waals surface area contributed by atoms with Gasteiger partial charge in [-0.15, -0.1) is 0 Å². The number of benzene rings is 1. The van der Waals surface area contributed by atoms with Gasteiger partial charge in [-0.2, -0.15) is 5.26 Å². The van der Waals surface area contributed by atoms with E-state index in [4.69, 9.17) is 10.00 Å². The molecule has 0 saturated carbocycles. The van der Waals surface area contributed by atoms with Gasteiger partial charge in [0, 0.05) is 12.3 Å². The fourth-order valence-electron chi connectivity index (χ4n) is 1.22. The van der Waals surface area contributed by atoms with E-state index < -0.39 is 11.6 Å². The van der Waals surface area contributed by atoms with Crippen molar-refractivity contribution in [2.24, 2.45) is 0 Å². The first kappa shape index (κ1) is 11.0. The van der Waals surface area contributed by atoms with Gasteiger partial charge >= 0.3 is 0 Å². The van der Waals surface area contributed by atoms with Crippen molar-refractivity contribution in [2.45, 2.75) is 0 Å². The molecule has 0 unspecified atom stereocenters. The molecule has 1 aromatic heterocycles. The first-order chi connectivity index (χ1) is 8.20. The average Bonchev–Trinajstić information content (AvgIpc) is 2.33. The van der Waals surface area contributed by atoms with E-state index in [1.165, 1.54) is 12.3 Å². The molecule has 0 spiro atoms. The number of rotatable bonds is 2. The summed E-state index contributed by atoms with van der Waals surface area (Å²) in [6, 6.07) is 7.82. The Bertz CT molecular complexity index is 593. The average molecular weight is 232 g/mol. The van der Waals surface area contributed by atoms with Gasteiger partial charge in [0.05, 0.1) is 0 Å². The monoisotopic (exact) mass is 232 g/mol. The predicted molar refractivity (Wildman–Crippen MR) is 55.4 cm³/mol. The standard InChI is InChI=1S/C12H6F2N2O/c13-9-3-4-11(10(14)6-9)17-12-8(7-15)2-1-5-16-12/h1-6H. The molecule has 0 N–H and O–H groups in total. The zero-order valence-electron chi connectivity index (χ0n) is 8.52. The van der Waals surface area contributed by atoms with Crippen LogP contribution in [0.1, 0.15) is 5.56 Å². The largest absolute Gasteiger partial charge is 0.435 e. The van der Waals surface area contributed by atoms with Crippen LogP contribution in [0.4, 0.5) is 8.78 Å². The number of hydrogen-bond acceptors (Lipinski definition) is 3. The van der Waals surface area contributed by atoms with E-state index >= 15 is 0 Å². The minimum absolute atomic E-state index is 0.0134. The lowest BCUT2D eigenvalue weighted by Crippen LogP contribution is -1.94. The lowest BCUT2D eigenvalue weighted by Gasteiger charge is -2.06. The lowest BCUT2D eigenvalue weighted by molar-refractivity contribution is 0.422. The molecule has 1 aromatic carbocycles. The number of nitriles is 1. The topological polar surface area (TPSA) is 45.9 Å². The van der Waals surface area contributed by atoms with Crippen molar-refractivity contribution in [3.8, 4) is 17.7 Å². The summed E-state index contributed by atoms with van der Waals surface area (Å²) in [6.45, 7) is 0. The lowest BCUT2D eigenvalue weighted by atomic mass is 10.3. The van der Waals surface area contributed by atoms with Gasteiger partial charge in [0.15, 0.2) is 11.6 Å². The number of ether oxygens (including phenoxy) is 1. The highest BCUT2D eigenvalue weighted by Gasteiger charge is 2.09. The Morgan fingerprint density at radius 2 is 2.06 bits per heavy atom. The fraction of sp³-hybridized carbons (Fsp3) is 0. The first-order valence-corrected chi connectivity index (χ1v) is 4.69. The van der Waals surface area contributed by atoms with Crippen molar-refractivity contribution in [1.29, 1.82) is 5.26 Å². The van der Waals surface area contributed by atoms with Crippen molar-refractivity contribution in [2.75, 3.05) is 0 Å². The maximum Gasteiger partial charge on any atom is 0.237 e. The van der Waals surface area contributed by atoms with E-state index in [1.807, 2.05) is 6.07 Å². The second-order valence-electron chi connectivity index (χ2n) is 3.14. The zero-order valence-corrected chi connectivity index (χ0v) is 8.52. The Labute approximate surface area is 95.9 Å². The van der Waals surface area contributed by atoms with Crippen LogP contribution in [-0.2, 0) is 0 Å². The highest BCUT2D eigenvalue weighted by Crippen LogP contribution is 2.25. The number of pyridine rings is 1. The second kappa shape index (κ2) is 4.58. The summed E-state index contributed by atoms with van der Waals surface area (Å²) < 4.78 is 31.1. The summed E-state index contributed by atoms with van der Waals surface area (Å²) in [4.78, 5) is 3.80. The van der Waals surface area contributed by atoms with Crippen LogP contribution < -0.4 is 4.74 Å². The van der Waals surface area contributed by atoms with E-state index in [-0.39, 0.29) is 17.2 Å².